The Bertz CT molecular complexity index is 742. The van der Waals surface area contributed by atoms with Crippen molar-refractivity contribution >= 4 is 5.91 Å². The van der Waals surface area contributed by atoms with E-state index in [1.54, 1.807) is 7.11 Å². The van der Waals surface area contributed by atoms with Gasteiger partial charge in [0.2, 0.25) is 0 Å². The number of nitrogens with one attached hydrogen (secondary N) is 1. The number of methoxy groups -OCH3 is 1. The fourth-order valence-electron chi connectivity index (χ4n) is 3.33. The largest absolute Gasteiger partial charge is 0.496 e. The van der Waals surface area contributed by atoms with Crippen molar-refractivity contribution in [3.8, 4) is 11.5 Å². The highest BCUT2D eigenvalue weighted by Crippen LogP contribution is 2.26. The highest BCUT2D eigenvalue weighted by Gasteiger charge is 2.15. The van der Waals surface area contributed by atoms with Crippen molar-refractivity contribution in [2.45, 2.75) is 38.6 Å². The van der Waals surface area contributed by atoms with E-state index in [1.807, 2.05) is 37.3 Å². The van der Waals surface area contributed by atoms with Gasteiger partial charge in [-0.15, -0.1) is 0 Å². The molecule has 0 saturated heterocycles. The van der Waals surface area contributed by atoms with E-state index >= 15 is 0 Å². The zero-order valence-corrected chi connectivity index (χ0v) is 14.9. The van der Waals surface area contributed by atoms with Gasteiger partial charge in [0.05, 0.1) is 13.2 Å². The molecule has 0 bridgehead atoms. The number of carbonyl (C=O) groups is 1. The van der Waals surface area contributed by atoms with E-state index in [9.17, 15) is 4.79 Å². The SMILES string of the molecule is COc1ccccc1[C@H](C)NC(=O)COc1ccc2c(c1)CCCC2. The smallest absolute Gasteiger partial charge is 0.258 e. The predicted octanol–water partition coefficient (Wildman–Crippen LogP) is 3.83. The molecule has 2 aromatic rings. The summed E-state index contributed by atoms with van der Waals surface area (Å²) in [5.74, 6) is 1.39. The summed E-state index contributed by atoms with van der Waals surface area (Å²) in [6.45, 7) is 1.95. The lowest BCUT2D eigenvalue weighted by molar-refractivity contribution is -0.123. The van der Waals surface area contributed by atoms with Crippen molar-refractivity contribution < 1.29 is 14.3 Å². The third-order valence-corrected chi connectivity index (χ3v) is 4.67. The van der Waals surface area contributed by atoms with Crippen LogP contribution in [-0.2, 0) is 17.6 Å². The Morgan fingerprint density at radius 2 is 1.88 bits per heavy atom. The summed E-state index contributed by atoms with van der Waals surface area (Å²) in [6, 6.07) is 13.7. The number of ether oxygens (including phenoxy) is 2. The van der Waals surface area contributed by atoms with Gasteiger partial charge >= 0.3 is 0 Å². The average molecular weight is 339 g/mol. The minimum absolute atomic E-state index is 0.0122. The Hall–Kier alpha value is -2.49. The molecule has 1 aliphatic rings. The first-order valence-electron chi connectivity index (χ1n) is 8.84. The van der Waals surface area contributed by atoms with Gasteiger partial charge in [0.1, 0.15) is 11.5 Å². The van der Waals surface area contributed by atoms with Crippen LogP contribution in [0.1, 0.15) is 42.5 Å². The van der Waals surface area contributed by atoms with Crippen LogP contribution in [0.25, 0.3) is 0 Å². The molecule has 0 aliphatic heterocycles. The van der Waals surface area contributed by atoms with Crippen LogP contribution in [0.2, 0.25) is 0 Å². The van der Waals surface area contributed by atoms with Gasteiger partial charge in [0.15, 0.2) is 6.61 Å². The molecule has 1 amide bonds. The molecule has 1 N–H and O–H groups in total. The Morgan fingerprint density at radius 3 is 2.68 bits per heavy atom. The van der Waals surface area contributed by atoms with Crippen molar-refractivity contribution in [1.29, 1.82) is 0 Å². The topological polar surface area (TPSA) is 47.6 Å². The Balaban J connectivity index is 1.56. The average Bonchev–Trinajstić information content (AvgIpc) is 2.66. The van der Waals surface area contributed by atoms with Gasteiger partial charge in [0.25, 0.3) is 5.91 Å². The van der Waals surface area contributed by atoms with Crippen LogP contribution in [0.15, 0.2) is 42.5 Å². The van der Waals surface area contributed by atoms with Gasteiger partial charge < -0.3 is 14.8 Å². The van der Waals surface area contributed by atoms with Crippen LogP contribution in [0.5, 0.6) is 11.5 Å². The molecule has 2 aromatic carbocycles. The van der Waals surface area contributed by atoms with Gasteiger partial charge in [-0.1, -0.05) is 24.3 Å². The molecule has 0 saturated carbocycles. The molecule has 0 fully saturated rings. The maximum absolute atomic E-state index is 12.2. The predicted molar refractivity (Wildman–Crippen MR) is 98.1 cm³/mol. The summed E-state index contributed by atoms with van der Waals surface area (Å²) < 4.78 is 11.0. The third-order valence-electron chi connectivity index (χ3n) is 4.67. The van der Waals surface area contributed by atoms with Crippen LogP contribution in [0, 0.1) is 0 Å². The molecule has 3 rings (SSSR count). The second-order valence-electron chi connectivity index (χ2n) is 6.46. The summed E-state index contributed by atoms with van der Waals surface area (Å²) in [5.41, 5.74) is 3.71. The molecule has 25 heavy (non-hydrogen) atoms. The van der Waals surface area contributed by atoms with Crippen LogP contribution in [0.3, 0.4) is 0 Å². The van der Waals surface area contributed by atoms with E-state index in [-0.39, 0.29) is 18.6 Å². The number of para-hydroxylation sites is 1. The first-order chi connectivity index (χ1) is 12.2. The normalized spacial score (nSPS) is 14.3. The molecule has 4 heteroatoms. The lowest BCUT2D eigenvalue weighted by Gasteiger charge is -2.18. The number of amides is 1. The molecular formula is C21H25NO3. The Morgan fingerprint density at radius 1 is 1.12 bits per heavy atom. The number of aryl methyl sites for hydroxylation is 2. The third kappa shape index (κ3) is 4.32. The van der Waals surface area contributed by atoms with Crippen LogP contribution in [0.4, 0.5) is 0 Å². The minimum atomic E-state index is -0.143. The van der Waals surface area contributed by atoms with E-state index in [2.05, 4.69) is 17.4 Å². The van der Waals surface area contributed by atoms with Gasteiger partial charge in [-0.3, -0.25) is 4.79 Å². The molecule has 0 unspecified atom stereocenters. The number of benzene rings is 2. The number of rotatable bonds is 6. The molecular weight excluding hydrogens is 314 g/mol. The second kappa shape index (κ2) is 8.06. The maximum Gasteiger partial charge on any atom is 0.258 e. The summed E-state index contributed by atoms with van der Waals surface area (Å²) in [6.07, 6.45) is 4.74. The quantitative estimate of drug-likeness (QED) is 0.870. The highest BCUT2D eigenvalue weighted by molar-refractivity contribution is 5.78. The summed E-state index contributed by atoms with van der Waals surface area (Å²) in [7, 11) is 1.63. The van der Waals surface area contributed by atoms with Gasteiger partial charge in [0, 0.05) is 5.56 Å². The number of carbonyl (C=O) groups excluding carboxylic acids is 1. The molecule has 1 aliphatic carbocycles. The molecule has 0 aromatic heterocycles. The van der Waals surface area contributed by atoms with Gasteiger partial charge in [-0.05, 0) is 61.9 Å². The van der Waals surface area contributed by atoms with E-state index in [4.69, 9.17) is 9.47 Å². The Labute approximate surface area is 149 Å². The van der Waals surface area contributed by atoms with Crippen LogP contribution < -0.4 is 14.8 Å². The zero-order valence-electron chi connectivity index (χ0n) is 14.9. The highest BCUT2D eigenvalue weighted by atomic mass is 16.5. The van der Waals surface area contributed by atoms with Crippen molar-refractivity contribution in [3.05, 3.63) is 59.2 Å². The van der Waals surface area contributed by atoms with Gasteiger partial charge in [-0.25, -0.2) is 0 Å². The fraction of sp³-hybridized carbons (Fsp3) is 0.381. The number of fused-ring (bicyclic) bond motifs is 1. The molecule has 0 heterocycles. The minimum Gasteiger partial charge on any atom is -0.496 e. The summed E-state index contributed by atoms with van der Waals surface area (Å²) in [5, 5.41) is 2.96. The van der Waals surface area contributed by atoms with Crippen molar-refractivity contribution in [2.75, 3.05) is 13.7 Å². The molecule has 0 spiro atoms. The molecule has 1 atom stereocenters. The lowest BCUT2D eigenvalue weighted by Crippen LogP contribution is -2.31. The maximum atomic E-state index is 12.2. The Kier molecular flexibility index (Phi) is 5.59. The summed E-state index contributed by atoms with van der Waals surface area (Å²) >= 11 is 0. The van der Waals surface area contributed by atoms with Crippen LogP contribution >= 0.6 is 0 Å². The second-order valence-corrected chi connectivity index (χ2v) is 6.46. The van der Waals surface area contributed by atoms with E-state index in [1.165, 1.54) is 24.0 Å². The van der Waals surface area contributed by atoms with Crippen molar-refractivity contribution in [1.82, 2.24) is 5.32 Å². The number of hydrogen-bond acceptors (Lipinski definition) is 3. The number of hydrogen-bond donors (Lipinski definition) is 1. The lowest BCUT2D eigenvalue weighted by atomic mass is 9.92. The standard InChI is InChI=1S/C21H25NO3/c1-15(19-9-5-6-10-20(19)24-2)22-21(23)14-25-18-12-11-16-7-3-4-8-17(16)13-18/h5-6,9-13,15H,3-4,7-8,14H2,1-2H3,(H,22,23)/t15-/m0/s1. The molecule has 4 nitrogen and oxygen atoms in total. The molecule has 132 valence electrons. The van der Waals surface area contributed by atoms with E-state index < -0.39 is 0 Å². The van der Waals surface area contributed by atoms with Gasteiger partial charge in [-0.2, -0.15) is 0 Å². The van der Waals surface area contributed by atoms with E-state index in [0.29, 0.717) is 0 Å². The first kappa shape index (κ1) is 17.3. The van der Waals surface area contributed by atoms with Crippen LogP contribution in [-0.4, -0.2) is 19.6 Å². The zero-order chi connectivity index (χ0) is 17.6. The monoisotopic (exact) mass is 339 g/mol. The van der Waals surface area contributed by atoms with Crippen molar-refractivity contribution in [2.24, 2.45) is 0 Å². The van der Waals surface area contributed by atoms with Crippen molar-refractivity contribution in [3.63, 3.8) is 0 Å². The molecule has 0 radical (unpaired) electrons. The summed E-state index contributed by atoms with van der Waals surface area (Å²) in [4.78, 5) is 12.2. The first-order valence-corrected chi connectivity index (χ1v) is 8.84. The van der Waals surface area contributed by atoms with E-state index in [0.717, 1.165) is 29.9 Å². The fourth-order valence-corrected chi connectivity index (χ4v) is 3.33.